The van der Waals surface area contributed by atoms with Gasteiger partial charge in [-0.25, -0.2) is 0 Å². The van der Waals surface area contributed by atoms with Crippen LogP contribution in [0.5, 0.6) is 0 Å². The first-order valence-electron chi connectivity index (χ1n) is 6.77. The van der Waals surface area contributed by atoms with Crippen LogP contribution in [0.2, 0.25) is 26.2 Å². The molecule has 0 fully saturated rings. The molecule has 0 radical (unpaired) electrons. The zero-order chi connectivity index (χ0) is 13.9. The Labute approximate surface area is 137 Å². The Morgan fingerprint density at radius 3 is 1.20 bits per heavy atom. The van der Waals surface area contributed by atoms with Gasteiger partial charge in [0.1, 0.15) is 0 Å². The Bertz CT molecular complexity index is 477. The molecule has 0 saturated heterocycles. The van der Waals surface area contributed by atoms with Gasteiger partial charge in [0.15, 0.2) is 0 Å². The van der Waals surface area contributed by atoms with E-state index in [4.69, 9.17) is 4.65 Å². The van der Waals surface area contributed by atoms with E-state index in [0.29, 0.717) is 0 Å². The van der Waals surface area contributed by atoms with E-state index in [2.05, 4.69) is 86.9 Å². The summed E-state index contributed by atoms with van der Waals surface area (Å²) in [5, 5.41) is 2.85. The van der Waals surface area contributed by atoms with Crippen molar-refractivity contribution < 1.29 is 18.9 Å². The van der Waals surface area contributed by atoms with Crippen molar-refractivity contribution >= 4 is 26.8 Å². The van der Waals surface area contributed by atoms with Gasteiger partial charge in [0, 0.05) is 0 Å². The second kappa shape index (κ2) is 6.93. The molecule has 0 spiro atoms. The van der Waals surface area contributed by atoms with Gasteiger partial charge in [-0.2, -0.15) is 0 Å². The zero-order valence-corrected chi connectivity index (χ0v) is 15.2. The summed E-state index contributed by atoms with van der Waals surface area (Å²) in [6.07, 6.45) is 0. The predicted octanol–water partition coefficient (Wildman–Crippen LogP) is 0.589. The molecule has 0 N–H and O–H groups in total. The molecule has 0 aliphatic carbocycles. The van der Waals surface area contributed by atoms with Crippen LogP contribution in [0.25, 0.3) is 4.65 Å². The molecule has 2 rings (SSSR count). The standard InChI is InChI=1S/C16H22NSi2.Li/c1-18(2,15-11-7-5-8-12-15)17-19(3,4)16-13-9-6-10-14-16;/h5-14H,1-4H3;/q-1;+1. The van der Waals surface area contributed by atoms with Crippen LogP contribution in [0.3, 0.4) is 0 Å². The van der Waals surface area contributed by atoms with Gasteiger partial charge in [-0.05, 0) is 16.5 Å². The van der Waals surface area contributed by atoms with Crippen molar-refractivity contribution in [3.63, 3.8) is 0 Å². The van der Waals surface area contributed by atoms with E-state index in [9.17, 15) is 0 Å². The fourth-order valence-corrected chi connectivity index (χ4v) is 11.2. The number of nitrogens with zero attached hydrogens (tertiary/aromatic N) is 1. The van der Waals surface area contributed by atoms with Crippen molar-refractivity contribution in [2.24, 2.45) is 0 Å². The zero-order valence-electron chi connectivity index (χ0n) is 13.2. The summed E-state index contributed by atoms with van der Waals surface area (Å²) in [6, 6.07) is 21.6. The van der Waals surface area contributed by atoms with Crippen molar-refractivity contribution in [1.82, 2.24) is 0 Å². The molecule has 2 aromatic carbocycles. The Morgan fingerprint density at radius 1 is 0.600 bits per heavy atom. The molecular weight excluding hydrogens is 269 g/mol. The van der Waals surface area contributed by atoms with Gasteiger partial charge in [-0.15, -0.1) is 0 Å². The second-order valence-corrected chi connectivity index (χ2v) is 14.2. The normalized spacial score (nSPS) is 11.8. The molecule has 20 heavy (non-hydrogen) atoms. The summed E-state index contributed by atoms with van der Waals surface area (Å²) in [6.45, 7) is 9.39. The fraction of sp³-hybridized carbons (Fsp3) is 0.250. The third-order valence-electron chi connectivity index (χ3n) is 3.52. The second-order valence-electron chi connectivity index (χ2n) is 5.96. The number of rotatable bonds is 4. The van der Waals surface area contributed by atoms with Crippen molar-refractivity contribution in [3.8, 4) is 0 Å². The van der Waals surface area contributed by atoms with Crippen LogP contribution in [0, 0.1) is 0 Å². The van der Waals surface area contributed by atoms with Gasteiger partial charge in [0.05, 0.1) is 0 Å². The van der Waals surface area contributed by atoms with Gasteiger partial charge in [0.2, 0.25) is 0 Å². The van der Waals surface area contributed by atoms with Crippen molar-refractivity contribution in [2.45, 2.75) is 26.2 Å². The van der Waals surface area contributed by atoms with Gasteiger partial charge in [0.25, 0.3) is 0 Å². The van der Waals surface area contributed by atoms with E-state index in [-0.39, 0.29) is 18.9 Å². The molecule has 1 nitrogen and oxygen atoms in total. The van der Waals surface area contributed by atoms with E-state index >= 15 is 0 Å². The molecule has 0 saturated carbocycles. The van der Waals surface area contributed by atoms with Crippen LogP contribution in [-0.2, 0) is 0 Å². The van der Waals surface area contributed by atoms with Crippen LogP contribution in [0.1, 0.15) is 0 Å². The van der Waals surface area contributed by atoms with Gasteiger partial charge in [-0.1, -0.05) is 97.2 Å². The maximum absolute atomic E-state index is 5.36. The average molecular weight is 291 g/mol. The molecule has 0 amide bonds. The molecule has 0 atom stereocenters. The largest absolute Gasteiger partial charge is 1.00 e. The maximum Gasteiger partial charge on any atom is 1.00 e. The van der Waals surface area contributed by atoms with E-state index < -0.39 is 16.5 Å². The first-order valence-corrected chi connectivity index (χ1v) is 12.7. The molecule has 0 aliphatic heterocycles. The number of hydrogen-bond acceptors (Lipinski definition) is 0. The first kappa shape index (κ1) is 17.5. The first-order chi connectivity index (χ1) is 8.92. The molecule has 0 aliphatic rings. The Kier molecular flexibility index (Phi) is 6.06. The monoisotopic (exact) mass is 291 g/mol. The van der Waals surface area contributed by atoms with E-state index in [0.717, 1.165) is 0 Å². The Balaban J connectivity index is 0.00000200. The van der Waals surface area contributed by atoms with Crippen LogP contribution in [-0.4, -0.2) is 16.5 Å². The van der Waals surface area contributed by atoms with E-state index in [1.54, 1.807) is 0 Å². The molecule has 0 unspecified atom stereocenters. The summed E-state index contributed by atoms with van der Waals surface area (Å²) in [5.41, 5.74) is 0. The molecule has 4 heteroatoms. The quantitative estimate of drug-likeness (QED) is 0.732. The van der Waals surface area contributed by atoms with Crippen molar-refractivity contribution in [2.75, 3.05) is 0 Å². The minimum Gasteiger partial charge on any atom is -0.660 e. The Hall–Kier alpha value is -0.569. The van der Waals surface area contributed by atoms with Crippen molar-refractivity contribution in [1.29, 1.82) is 0 Å². The summed E-state index contributed by atoms with van der Waals surface area (Å²) < 4.78 is 5.36. The van der Waals surface area contributed by atoms with Crippen molar-refractivity contribution in [3.05, 3.63) is 65.3 Å². The molecule has 0 heterocycles. The van der Waals surface area contributed by atoms with Crippen LogP contribution < -0.4 is 29.2 Å². The summed E-state index contributed by atoms with van der Waals surface area (Å²) in [4.78, 5) is 0. The molecule has 2 aromatic rings. The van der Waals surface area contributed by atoms with Crippen LogP contribution in [0.15, 0.2) is 60.7 Å². The Morgan fingerprint density at radius 2 is 0.900 bits per heavy atom. The van der Waals surface area contributed by atoms with Crippen LogP contribution in [0.4, 0.5) is 0 Å². The minimum absolute atomic E-state index is 0. The van der Waals surface area contributed by atoms with Crippen LogP contribution >= 0.6 is 0 Å². The topological polar surface area (TPSA) is 14.1 Å². The summed E-state index contributed by atoms with van der Waals surface area (Å²) in [7, 11) is -3.42. The molecular formula is C16H22LiNSi2. The SMILES string of the molecule is C[Si](C)([N-][Si](C)(C)c1ccccc1)c1ccccc1.[Li+]. The molecule has 100 valence electrons. The van der Waals surface area contributed by atoms with Gasteiger partial charge >= 0.3 is 18.9 Å². The number of benzene rings is 2. The maximum atomic E-state index is 5.36. The van der Waals surface area contributed by atoms with E-state index in [1.165, 1.54) is 10.4 Å². The third-order valence-corrected chi connectivity index (χ3v) is 11.5. The third kappa shape index (κ3) is 4.21. The average Bonchev–Trinajstić information content (AvgIpc) is 2.40. The minimum atomic E-state index is -1.71. The molecule has 0 aromatic heterocycles. The smallest absolute Gasteiger partial charge is 0.660 e. The van der Waals surface area contributed by atoms with Gasteiger partial charge in [-0.3, -0.25) is 0 Å². The predicted molar refractivity (Wildman–Crippen MR) is 90.5 cm³/mol. The summed E-state index contributed by atoms with van der Waals surface area (Å²) >= 11 is 0. The molecule has 0 bridgehead atoms. The van der Waals surface area contributed by atoms with E-state index in [1.807, 2.05) is 0 Å². The van der Waals surface area contributed by atoms with Gasteiger partial charge < -0.3 is 4.65 Å². The number of hydrogen-bond donors (Lipinski definition) is 0. The fourth-order valence-electron chi connectivity index (χ4n) is 2.52. The summed E-state index contributed by atoms with van der Waals surface area (Å²) in [5.74, 6) is 0.